The molecule has 2 nitrogen and oxygen atoms in total. The Balaban J connectivity index is 0.000000245. The Hall–Kier alpha value is 0.896. The molecule has 0 N–H and O–H groups in total. The van der Waals surface area contributed by atoms with E-state index in [0.29, 0.717) is 0 Å². The maximum absolute atomic E-state index is 4.03. The van der Waals surface area contributed by atoms with Gasteiger partial charge in [-0.2, -0.15) is 0 Å². The van der Waals surface area contributed by atoms with E-state index in [1.54, 1.807) is 22.7 Å². The number of aryl methyl sites for hydroxylation is 4. The molecule has 0 fully saturated rings. The Morgan fingerprint density at radius 3 is 1.20 bits per heavy atom. The Bertz CT molecular complexity index is 324. The molecule has 2 aromatic heterocycles. The van der Waals surface area contributed by atoms with E-state index in [4.69, 9.17) is 0 Å². The predicted molar refractivity (Wildman–Crippen MR) is 68.9 cm³/mol. The van der Waals surface area contributed by atoms with E-state index in [0.717, 1.165) is 11.4 Å². The molecule has 0 saturated carbocycles. The van der Waals surface area contributed by atoms with Crippen molar-refractivity contribution in [2.24, 2.45) is 0 Å². The zero-order valence-electron chi connectivity index (χ0n) is 9.87. The van der Waals surface area contributed by atoms with Crippen LogP contribution in [0.5, 0.6) is 0 Å². The molecule has 2 heterocycles. The van der Waals surface area contributed by atoms with Crippen molar-refractivity contribution in [2.75, 3.05) is 0 Å². The molecule has 0 atom stereocenters. The standard InChI is InChI=1S/2C5H7NS.K/c2*1-4-5(2)7-3-6-4;/h2*3H,1-2H3;. The SMILES string of the molecule is Cc1ncsc1C.Cc1ncsc1C.[K]. The van der Waals surface area contributed by atoms with Crippen LogP contribution in [0.25, 0.3) is 0 Å². The number of nitrogens with zero attached hydrogens (tertiary/aromatic N) is 2. The van der Waals surface area contributed by atoms with E-state index < -0.39 is 0 Å². The van der Waals surface area contributed by atoms with E-state index >= 15 is 0 Å². The average molecular weight is 265 g/mol. The Kier molecular flexibility index (Phi) is 8.54. The van der Waals surface area contributed by atoms with Crippen LogP contribution in [0.15, 0.2) is 11.0 Å². The second kappa shape index (κ2) is 8.06. The molecule has 0 aromatic carbocycles. The van der Waals surface area contributed by atoms with E-state index in [1.165, 1.54) is 9.75 Å². The van der Waals surface area contributed by atoms with Gasteiger partial charge in [-0.1, -0.05) is 0 Å². The summed E-state index contributed by atoms with van der Waals surface area (Å²) in [6.45, 7) is 8.19. The third-order valence-corrected chi connectivity index (χ3v) is 3.69. The van der Waals surface area contributed by atoms with Gasteiger partial charge in [-0.25, -0.2) is 9.97 Å². The molecular weight excluding hydrogens is 251 g/mol. The van der Waals surface area contributed by atoms with Crippen LogP contribution in [0.1, 0.15) is 21.1 Å². The van der Waals surface area contributed by atoms with Gasteiger partial charge in [-0.3, -0.25) is 0 Å². The monoisotopic (exact) mass is 265 g/mol. The van der Waals surface area contributed by atoms with Crippen molar-refractivity contribution in [2.45, 2.75) is 27.7 Å². The normalized spacial score (nSPS) is 8.80. The molecule has 0 aliphatic rings. The molecule has 0 amide bonds. The van der Waals surface area contributed by atoms with Crippen molar-refractivity contribution in [3.8, 4) is 0 Å². The minimum absolute atomic E-state index is 0. The molecule has 0 bridgehead atoms. The largest absolute Gasteiger partial charge is 0.250 e. The fourth-order valence-corrected chi connectivity index (χ4v) is 1.91. The fraction of sp³-hybridized carbons (Fsp3) is 0.400. The Labute approximate surface area is 142 Å². The summed E-state index contributed by atoms with van der Waals surface area (Å²) in [5.41, 5.74) is 6.05. The van der Waals surface area contributed by atoms with Crippen molar-refractivity contribution in [3.05, 3.63) is 32.2 Å². The summed E-state index contributed by atoms with van der Waals surface area (Å²) < 4.78 is 0. The molecule has 0 saturated heterocycles. The van der Waals surface area contributed by atoms with Gasteiger partial charge in [0.05, 0.1) is 22.4 Å². The van der Waals surface area contributed by atoms with Gasteiger partial charge in [0.15, 0.2) is 0 Å². The molecule has 15 heavy (non-hydrogen) atoms. The van der Waals surface area contributed by atoms with Crippen LogP contribution in [0.3, 0.4) is 0 Å². The Morgan fingerprint density at radius 2 is 1.13 bits per heavy atom. The zero-order chi connectivity index (χ0) is 10.6. The zero-order valence-corrected chi connectivity index (χ0v) is 14.6. The van der Waals surface area contributed by atoms with Crippen LogP contribution < -0.4 is 0 Å². The number of hydrogen-bond acceptors (Lipinski definition) is 4. The molecule has 0 unspecified atom stereocenters. The third-order valence-electron chi connectivity index (χ3n) is 1.97. The van der Waals surface area contributed by atoms with Crippen molar-refractivity contribution in [3.63, 3.8) is 0 Å². The van der Waals surface area contributed by atoms with Gasteiger partial charge in [0, 0.05) is 61.1 Å². The van der Waals surface area contributed by atoms with Gasteiger partial charge in [0.2, 0.25) is 0 Å². The number of hydrogen-bond donors (Lipinski definition) is 0. The average Bonchev–Trinajstić information content (AvgIpc) is 2.67. The van der Waals surface area contributed by atoms with Gasteiger partial charge in [-0.05, 0) is 27.7 Å². The van der Waals surface area contributed by atoms with Crippen molar-refractivity contribution in [1.82, 2.24) is 9.97 Å². The summed E-state index contributed by atoms with van der Waals surface area (Å²) in [5.74, 6) is 0. The van der Waals surface area contributed by atoms with Gasteiger partial charge < -0.3 is 0 Å². The molecule has 2 rings (SSSR count). The molecule has 0 aliphatic carbocycles. The summed E-state index contributed by atoms with van der Waals surface area (Å²) in [5, 5.41) is 0. The molecule has 0 spiro atoms. The van der Waals surface area contributed by atoms with E-state index in [2.05, 4.69) is 23.8 Å². The van der Waals surface area contributed by atoms with Crippen molar-refractivity contribution >= 4 is 74.1 Å². The van der Waals surface area contributed by atoms with Crippen LogP contribution in [-0.4, -0.2) is 61.4 Å². The quantitative estimate of drug-likeness (QED) is 0.684. The topological polar surface area (TPSA) is 25.8 Å². The van der Waals surface area contributed by atoms with E-state index in [1.807, 2.05) is 24.9 Å². The second-order valence-electron chi connectivity index (χ2n) is 2.99. The number of thiazole rings is 2. The van der Waals surface area contributed by atoms with E-state index in [-0.39, 0.29) is 51.4 Å². The van der Waals surface area contributed by atoms with Gasteiger partial charge in [-0.15, -0.1) is 22.7 Å². The summed E-state index contributed by atoms with van der Waals surface area (Å²) in [6, 6.07) is 0. The minimum Gasteiger partial charge on any atom is -0.250 e. The molecule has 1 radical (unpaired) electrons. The first-order valence-corrected chi connectivity index (χ1v) is 6.10. The molecular formula is C10H14KN2S2. The maximum Gasteiger partial charge on any atom is 0.0797 e. The summed E-state index contributed by atoms with van der Waals surface area (Å²) in [6.07, 6.45) is 0. The summed E-state index contributed by atoms with van der Waals surface area (Å²) >= 11 is 3.39. The maximum atomic E-state index is 4.03. The predicted octanol–water partition coefficient (Wildman–Crippen LogP) is 3.14. The van der Waals surface area contributed by atoms with Gasteiger partial charge >= 0.3 is 0 Å². The van der Waals surface area contributed by atoms with Crippen molar-refractivity contribution in [1.29, 1.82) is 0 Å². The molecule has 77 valence electrons. The molecule has 0 aliphatic heterocycles. The third kappa shape index (κ3) is 5.67. The van der Waals surface area contributed by atoms with Crippen LogP contribution in [0.4, 0.5) is 0 Å². The van der Waals surface area contributed by atoms with Gasteiger partial charge in [0.1, 0.15) is 0 Å². The van der Waals surface area contributed by atoms with Crippen LogP contribution in [0, 0.1) is 27.7 Å². The molecule has 5 heteroatoms. The minimum atomic E-state index is 0. The molecule has 2 aromatic rings. The first-order chi connectivity index (χ1) is 6.61. The smallest absolute Gasteiger partial charge is 0.0797 e. The van der Waals surface area contributed by atoms with Crippen LogP contribution in [-0.2, 0) is 0 Å². The van der Waals surface area contributed by atoms with Crippen LogP contribution in [0.2, 0.25) is 0 Å². The fourth-order valence-electron chi connectivity index (χ4n) is 0.721. The van der Waals surface area contributed by atoms with Crippen LogP contribution >= 0.6 is 22.7 Å². The number of aromatic nitrogens is 2. The summed E-state index contributed by atoms with van der Waals surface area (Å²) in [4.78, 5) is 10.7. The van der Waals surface area contributed by atoms with Gasteiger partial charge in [0.25, 0.3) is 0 Å². The van der Waals surface area contributed by atoms with E-state index in [9.17, 15) is 0 Å². The second-order valence-corrected chi connectivity index (χ2v) is 5.11. The summed E-state index contributed by atoms with van der Waals surface area (Å²) in [7, 11) is 0. The number of rotatable bonds is 0. The first kappa shape index (κ1) is 15.9. The first-order valence-electron chi connectivity index (χ1n) is 4.34. The Morgan fingerprint density at radius 1 is 0.800 bits per heavy atom. The van der Waals surface area contributed by atoms with Crippen molar-refractivity contribution < 1.29 is 0 Å².